The first-order valence-electron chi connectivity index (χ1n) is 11.7. The van der Waals surface area contributed by atoms with Crippen molar-refractivity contribution in [3.8, 4) is 0 Å². The minimum atomic E-state index is -0.441. The van der Waals surface area contributed by atoms with E-state index in [1.165, 1.54) is 6.21 Å². The Kier molecular flexibility index (Phi) is 7.29. The van der Waals surface area contributed by atoms with Crippen molar-refractivity contribution in [3.63, 3.8) is 0 Å². The Hall–Kier alpha value is -3.41. The van der Waals surface area contributed by atoms with Crippen molar-refractivity contribution in [1.29, 1.82) is 5.41 Å². The standard InChI is InChI=1S/C28H36N4O2/c1-17(2)32-14-20(5)26-24(11-23(12-25(26)32)28(15-29)9-8-21(28)6)27(34)30-13-19(4)18(3)10-22(7)31-16-33/h8,10-12,14-17,29H,9,13H2,1-7H3,(H,30,34)(H,31,33)/b19-18+,22-10-,29-15?. The zero-order valence-electron chi connectivity index (χ0n) is 21.3. The number of aryl methyl sites for hydroxylation is 1. The third kappa shape index (κ3) is 4.49. The number of hydrogen-bond acceptors (Lipinski definition) is 3. The van der Waals surface area contributed by atoms with E-state index in [1.54, 1.807) is 0 Å². The number of nitrogens with zero attached hydrogens (tertiary/aromatic N) is 1. The molecule has 2 amide bonds. The average Bonchev–Trinajstić information content (AvgIpc) is 3.13. The maximum atomic E-state index is 13.5. The van der Waals surface area contributed by atoms with Crippen molar-refractivity contribution in [3.05, 3.63) is 69.6 Å². The van der Waals surface area contributed by atoms with E-state index in [4.69, 9.17) is 5.41 Å². The number of allylic oxidation sites excluding steroid dienone is 5. The van der Waals surface area contributed by atoms with Crippen LogP contribution in [0.3, 0.4) is 0 Å². The molecule has 0 saturated carbocycles. The van der Waals surface area contributed by atoms with Crippen LogP contribution in [-0.2, 0) is 10.2 Å². The fraction of sp³-hybridized carbons (Fsp3) is 0.393. The first-order valence-corrected chi connectivity index (χ1v) is 11.7. The summed E-state index contributed by atoms with van der Waals surface area (Å²) in [7, 11) is 0. The van der Waals surface area contributed by atoms with Gasteiger partial charge in [-0.25, -0.2) is 0 Å². The Morgan fingerprint density at radius 3 is 2.47 bits per heavy atom. The van der Waals surface area contributed by atoms with E-state index in [-0.39, 0.29) is 11.9 Å². The van der Waals surface area contributed by atoms with Gasteiger partial charge in [-0.05, 0) is 89.8 Å². The zero-order chi connectivity index (χ0) is 25.2. The normalized spacial score (nSPS) is 18.8. The summed E-state index contributed by atoms with van der Waals surface area (Å²) in [6.07, 6.45) is 9.09. The summed E-state index contributed by atoms with van der Waals surface area (Å²) in [5.41, 5.74) is 7.18. The molecule has 1 atom stereocenters. The Morgan fingerprint density at radius 1 is 1.24 bits per heavy atom. The number of nitrogens with one attached hydrogen (secondary N) is 3. The van der Waals surface area contributed by atoms with Gasteiger partial charge in [0.25, 0.3) is 5.91 Å². The van der Waals surface area contributed by atoms with Crippen molar-refractivity contribution in [2.45, 2.75) is 66.3 Å². The van der Waals surface area contributed by atoms with Crippen LogP contribution in [0.25, 0.3) is 10.9 Å². The minimum absolute atomic E-state index is 0.128. The lowest BCUT2D eigenvalue weighted by atomic mass is 9.65. The van der Waals surface area contributed by atoms with Gasteiger partial charge in [-0.2, -0.15) is 0 Å². The lowest BCUT2D eigenvalue weighted by Crippen LogP contribution is -2.35. The van der Waals surface area contributed by atoms with Crippen LogP contribution in [0.15, 0.2) is 52.9 Å². The number of fused-ring (bicyclic) bond motifs is 1. The third-order valence-electron chi connectivity index (χ3n) is 7.03. The molecule has 0 radical (unpaired) electrons. The summed E-state index contributed by atoms with van der Waals surface area (Å²) in [5.74, 6) is -0.128. The molecule has 6 nitrogen and oxygen atoms in total. The minimum Gasteiger partial charge on any atom is -0.348 e. The highest BCUT2D eigenvalue weighted by atomic mass is 16.1. The fourth-order valence-electron chi connectivity index (χ4n) is 4.61. The van der Waals surface area contributed by atoms with E-state index in [0.717, 1.165) is 50.9 Å². The molecular weight excluding hydrogens is 424 g/mol. The van der Waals surface area contributed by atoms with Crippen LogP contribution >= 0.6 is 0 Å². The first-order chi connectivity index (χ1) is 16.0. The maximum Gasteiger partial charge on any atom is 0.252 e. The number of aromatic nitrogens is 1. The third-order valence-corrected chi connectivity index (χ3v) is 7.03. The zero-order valence-corrected chi connectivity index (χ0v) is 21.3. The predicted molar refractivity (Wildman–Crippen MR) is 140 cm³/mol. The SMILES string of the molecule is CC1=CCC1(C=N)c1cc(C(=O)NC/C(C)=C(C)/C=C(/C)NC=O)c2c(C)cn(C(C)C)c2c1. The maximum absolute atomic E-state index is 13.5. The van der Waals surface area contributed by atoms with Gasteiger partial charge >= 0.3 is 0 Å². The molecule has 1 aromatic carbocycles. The molecular formula is C28H36N4O2. The highest BCUT2D eigenvalue weighted by Gasteiger charge is 2.38. The van der Waals surface area contributed by atoms with Crippen LogP contribution in [0, 0.1) is 12.3 Å². The molecule has 1 aliphatic rings. The molecule has 180 valence electrons. The molecule has 6 heteroatoms. The largest absolute Gasteiger partial charge is 0.348 e. The summed E-state index contributed by atoms with van der Waals surface area (Å²) in [6.45, 7) is 14.5. The second-order valence-corrected chi connectivity index (χ2v) is 9.67. The van der Waals surface area contributed by atoms with Gasteiger partial charge in [-0.3, -0.25) is 9.59 Å². The second kappa shape index (κ2) is 9.84. The molecule has 0 saturated heterocycles. The van der Waals surface area contributed by atoms with Crippen molar-refractivity contribution in [2.24, 2.45) is 0 Å². The molecule has 34 heavy (non-hydrogen) atoms. The van der Waals surface area contributed by atoms with E-state index in [9.17, 15) is 9.59 Å². The van der Waals surface area contributed by atoms with Crippen LogP contribution in [0.5, 0.6) is 0 Å². The van der Waals surface area contributed by atoms with E-state index in [1.807, 2.05) is 39.8 Å². The molecule has 3 N–H and O–H groups in total. The van der Waals surface area contributed by atoms with Crippen LogP contribution in [0.1, 0.15) is 75.5 Å². The number of carbonyl (C=O) groups is 2. The van der Waals surface area contributed by atoms with Gasteiger partial charge in [0, 0.05) is 47.2 Å². The number of hydrogen-bond donors (Lipinski definition) is 3. The van der Waals surface area contributed by atoms with Crippen LogP contribution in [0.2, 0.25) is 0 Å². The Balaban J connectivity index is 2.05. The van der Waals surface area contributed by atoms with Gasteiger partial charge in [0.05, 0.1) is 5.41 Å². The second-order valence-electron chi connectivity index (χ2n) is 9.67. The summed E-state index contributed by atoms with van der Waals surface area (Å²) in [6, 6.07) is 4.38. The lowest BCUT2D eigenvalue weighted by molar-refractivity contribution is -0.108. The van der Waals surface area contributed by atoms with E-state index in [0.29, 0.717) is 18.5 Å². The van der Waals surface area contributed by atoms with Crippen LogP contribution in [0.4, 0.5) is 0 Å². The quantitative estimate of drug-likeness (QED) is 0.200. The fourth-order valence-corrected chi connectivity index (χ4v) is 4.61. The molecule has 0 aliphatic heterocycles. The summed E-state index contributed by atoms with van der Waals surface area (Å²) >= 11 is 0. The highest BCUT2D eigenvalue weighted by molar-refractivity contribution is 6.08. The lowest BCUT2D eigenvalue weighted by Gasteiger charge is -2.38. The molecule has 1 aliphatic carbocycles. The Bertz CT molecular complexity index is 1240. The van der Waals surface area contributed by atoms with Gasteiger partial charge in [0.15, 0.2) is 0 Å². The molecule has 1 heterocycles. The number of amides is 2. The van der Waals surface area contributed by atoms with E-state index < -0.39 is 5.41 Å². The number of benzene rings is 1. The molecule has 1 unspecified atom stereocenters. The average molecular weight is 461 g/mol. The van der Waals surface area contributed by atoms with Crippen molar-refractivity contribution in [1.82, 2.24) is 15.2 Å². The summed E-state index contributed by atoms with van der Waals surface area (Å²) in [5, 5.41) is 14.8. The monoisotopic (exact) mass is 460 g/mol. The highest BCUT2D eigenvalue weighted by Crippen LogP contribution is 2.44. The number of carbonyl (C=O) groups excluding carboxylic acids is 2. The van der Waals surface area contributed by atoms with Gasteiger partial charge < -0.3 is 20.6 Å². The van der Waals surface area contributed by atoms with Crippen LogP contribution in [-0.4, -0.2) is 29.6 Å². The van der Waals surface area contributed by atoms with E-state index in [2.05, 4.69) is 54.3 Å². The molecule has 0 spiro atoms. The van der Waals surface area contributed by atoms with Crippen LogP contribution < -0.4 is 10.6 Å². The van der Waals surface area contributed by atoms with E-state index >= 15 is 0 Å². The van der Waals surface area contributed by atoms with Gasteiger partial charge in [-0.1, -0.05) is 17.2 Å². The molecule has 3 rings (SSSR count). The molecule has 2 aromatic rings. The van der Waals surface area contributed by atoms with Gasteiger partial charge in [0.2, 0.25) is 6.41 Å². The summed E-state index contributed by atoms with van der Waals surface area (Å²) in [4.78, 5) is 24.1. The molecule has 0 fully saturated rings. The van der Waals surface area contributed by atoms with Gasteiger partial charge in [-0.15, -0.1) is 0 Å². The first kappa shape index (κ1) is 25.2. The summed E-state index contributed by atoms with van der Waals surface area (Å²) < 4.78 is 2.21. The van der Waals surface area contributed by atoms with Crippen molar-refractivity contribution >= 4 is 29.4 Å². The van der Waals surface area contributed by atoms with Gasteiger partial charge in [0.1, 0.15) is 0 Å². The topological polar surface area (TPSA) is 87.0 Å². The molecule has 1 aromatic heterocycles. The molecule has 0 bridgehead atoms. The smallest absolute Gasteiger partial charge is 0.252 e. The Morgan fingerprint density at radius 2 is 1.94 bits per heavy atom. The predicted octanol–water partition coefficient (Wildman–Crippen LogP) is 5.48. The number of rotatable bonds is 9. The Labute approximate surface area is 202 Å². The van der Waals surface area contributed by atoms with Crippen molar-refractivity contribution in [2.75, 3.05) is 6.54 Å². The van der Waals surface area contributed by atoms with Crippen molar-refractivity contribution < 1.29 is 9.59 Å².